The van der Waals surface area contributed by atoms with E-state index in [0.29, 0.717) is 5.92 Å². The van der Waals surface area contributed by atoms with Gasteiger partial charge in [0.25, 0.3) is 0 Å². The molecule has 4 heteroatoms. The second kappa shape index (κ2) is 28.3. The van der Waals surface area contributed by atoms with Crippen LogP contribution in [0.2, 0.25) is 0 Å². The summed E-state index contributed by atoms with van der Waals surface area (Å²) in [7, 11) is 3.39. The molecule has 0 amide bonds. The molecule has 0 bridgehead atoms. The minimum atomic E-state index is 0.595. The van der Waals surface area contributed by atoms with Crippen molar-refractivity contribution < 1.29 is 9.47 Å². The number of benzene rings is 10. The number of anilines is 5. The lowest BCUT2D eigenvalue weighted by atomic mass is 9.87. The number of methoxy groups -OCH3 is 2. The summed E-state index contributed by atoms with van der Waals surface area (Å²) < 4.78 is 10.7. The Morgan fingerprint density at radius 2 is 0.747 bits per heavy atom. The van der Waals surface area contributed by atoms with Crippen LogP contribution in [0.5, 0.6) is 11.5 Å². The van der Waals surface area contributed by atoms with Crippen molar-refractivity contribution in [3.8, 4) is 56.0 Å². The summed E-state index contributed by atoms with van der Waals surface area (Å²) in [6.45, 7) is 8.97. The average Bonchev–Trinajstić information content (AvgIpc) is 3.76. The Morgan fingerprint density at radius 1 is 0.402 bits per heavy atom. The van der Waals surface area contributed by atoms with Gasteiger partial charge in [0.15, 0.2) is 0 Å². The first-order chi connectivity index (χ1) is 42.8. The van der Waals surface area contributed by atoms with Crippen LogP contribution < -0.4 is 19.3 Å². The highest BCUT2D eigenvalue weighted by Crippen LogP contribution is 2.41. The summed E-state index contributed by atoms with van der Waals surface area (Å²) in [5.74, 6) is 2.31. The van der Waals surface area contributed by atoms with Gasteiger partial charge < -0.3 is 19.3 Å². The van der Waals surface area contributed by atoms with E-state index in [0.717, 1.165) is 81.5 Å². The maximum Gasteiger partial charge on any atom is 0.118 e. The Bertz CT molecular complexity index is 4020. The van der Waals surface area contributed by atoms with E-state index in [1.165, 1.54) is 86.2 Å². The van der Waals surface area contributed by atoms with Crippen molar-refractivity contribution in [1.82, 2.24) is 0 Å². The number of ether oxygens (including phenoxy) is 2. The van der Waals surface area contributed by atoms with Crippen molar-refractivity contribution >= 4 is 58.8 Å². The number of aryl methyl sites for hydroxylation is 1. The van der Waals surface area contributed by atoms with Gasteiger partial charge in [-0.3, -0.25) is 0 Å². The van der Waals surface area contributed by atoms with Crippen LogP contribution in [0.4, 0.5) is 28.4 Å². The van der Waals surface area contributed by atoms with Crippen molar-refractivity contribution in [2.24, 2.45) is 5.92 Å². The van der Waals surface area contributed by atoms with Gasteiger partial charge in [-0.25, -0.2) is 0 Å². The molecule has 1 aliphatic carbocycles. The molecule has 87 heavy (non-hydrogen) atoms. The standard InChI is InChI=1S/C83H78N2O2/c1-7-10-12-65-26-56-82(60(4)58-65)84(76-44-18-61(19-45-76)14-16-63-22-52-80(86-5)53-23-63)78-48-40-74(41-49-78)72-36-32-70(33-37-72)68-28-30-69(31-29-68)71-34-38-73(39-35-71)75-42-50-79(51-43-75)85(83-57-27-66(13-11-8-2)59-67(83)9-3)77-46-20-62(21-47-77)15-17-64-24-54-81(87-6)55-25-64/h10,12,14-58,66H,7-9,11,13,59H2,1-6H3/b12-10+,16-14+,17-15+/t66-/m1/s1. The zero-order valence-electron chi connectivity index (χ0n) is 51.2. The summed E-state index contributed by atoms with van der Waals surface area (Å²) in [5.41, 5.74) is 24.9. The van der Waals surface area contributed by atoms with E-state index in [4.69, 9.17) is 9.47 Å². The summed E-state index contributed by atoms with van der Waals surface area (Å²) in [6, 6.07) is 85.8. The first-order valence-electron chi connectivity index (χ1n) is 30.9. The highest BCUT2D eigenvalue weighted by molar-refractivity contribution is 5.83. The molecule has 0 radical (unpaired) electrons. The number of hydrogen-bond donors (Lipinski definition) is 0. The monoisotopic (exact) mass is 1130 g/mol. The van der Waals surface area contributed by atoms with Crippen LogP contribution in [0.1, 0.15) is 92.7 Å². The fourth-order valence-electron chi connectivity index (χ4n) is 11.7. The van der Waals surface area contributed by atoms with Crippen LogP contribution in [0.15, 0.2) is 266 Å². The van der Waals surface area contributed by atoms with Gasteiger partial charge in [-0.2, -0.15) is 0 Å². The molecule has 432 valence electrons. The third-order valence-corrected chi connectivity index (χ3v) is 16.7. The minimum absolute atomic E-state index is 0.595. The highest BCUT2D eigenvalue weighted by Gasteiger charge is 2.23. The van der Waals surface area contributed by atoms with Gasteiger partial charge in [0.1, 0.15) is 11.5 Å². The van der Waals surface area contributed by atoms with Crippen LogP contribution in [-0.2, 0) is 0 Å². The van der Waals surface area contributed by atoms with Gasteiger partial charge in [0.05, 0.1) is 14.2 Å². The Kier molecular flexibility index (Phi) is 19.2. The van der Waals surface area contributed by atoms with Crippen LogP contribution in [0, 0.1) is 12.8 Å². The molecule has 0 saturated carbocycles. The van der Waals surface area contributed by atoms with Crippen LogP contribution >= 0.6 is 0 Å². The SMILES string of the molecule is CC/C=C/c1ccc(N(c2ccc(/C=C/c3ccc(OC)cc3)cc2)c2ccc(-c3ccc(-c4ccc(-c5ccc(-c6ccc(N(C7=C(CC)C[C@H](CCCC)C=C7)c7ccc(/C=C/c8ccc(OC)cc8)cc7)cc6)cc5)cc4)cc3)cc2)c(C)c1. The Labute approximate surface area is 517 Å². The largest absolute Gasteiger partial charge is 0.497 e. The number of hydrogen-bond acceptors (Lipinski definition) is 4. The molecule has 11 rings (SSSR count). The molecular weight excluding hydrogens is 1060 g/mol. The molecule has 0 saturated heterocycles. The normalized spacial score (nSPS) is 13.2. The van der Waals surface area contributed by atoms with Gasteiger partial charge >= 0.3 is 0 Å². The van der Waals surface area contributed by atoms with Crippen LogP contribution in [0.3, 0.4) is 0 Å². The van der Waals surface area contributed by atoms with Gasteiger partial charge in [-0.05, 0) is 213 Å². The number of rotatable bonds is 22. The van der Waals surface area contributed by atoms with E-state index in [1.807, 2.05) is 24.3 Å². The molecule has 0 N–H and O–H groups in total. The van der Waals surface area contributed by atoms with Crippen LogP contribution in [0.25, 0.3) is 74.9 Å². The molecule has 0 heterocycles. The third kappa shape index (κ3) is 14.4. The molecule has 0 spiro atoms. The Balaban J connectivity index is 0.769. The van der Waals surface area contributed by atoms with E-state index >= 15 is 0 Å². The maximum absolute atomic E-state index is 5.36. The van der Waals surface area contributed by atoms with Crippen molar-refractivity contribution in [3.63, 3.8) is 0 Å². The maximum atomic E-state index is 5.36. The highest BCUT2D eigenvalue weighted by atomic mass is 16.5. The predicted molar refractivity (Wildman–Crippen MR) is 373 cm³/mol. The van der Waals surface area contributed by atoms with Gasteiger partial charge in [-0.15, -0.1) is 0 Å². The van der Waals surface area contributed by atoms with E-state index < -0.39 is 0 Å². The second-order valence-electron chi connectivity index (χ2n) is 22.6. The fraction of sp³-hybridized carbons (Fsp3) is 0.157. The Hall–Kier alpha value is -9.90. The summed E-state index contributed by atoms with van der Waals surface area (Å²) in [5, 5.41) is 0. The third-order valence-electron chi connectivity index (χ3n) is 16.7. The van der Waals surface area contributed by atoms with Gasteiger partial charge in [0, 0.05) is 34.1 Å². The molecule has 1 atom stereocenters. The lowest BCUT2D eigenvalue weighted by molar-refractivity contribution is 0.414. The lowest BCUT2D eigenvalue weighted by Crippen LogP contribution is -2.20. The number of unbranched alkanes of at least 4 members (excludes halogenated alkanes) is 1. The molecule has 0 aromatic heterocycles. The van der Waals surface area contributed by atoms with E-state index in [-0.39, 0.29) is 0 Å². The zero-order valence-corrected chi connectivity index (χ0v) is 51.2. The van der Waals surface area contributed by atoms with Crippen molar-refractivity contribution in [1.29, 1.82) is 0 Å². The first-order valence-corrected chi connectivity index (χ1v) is 30.9. The molecule has 1 aliphatic rings. The predicted octanol–water partition coefficient (Wildman–Crippen LogP) is 23.5. The summed E-state index contributed by atoms with van der Waals surface area (Å²) >= 11 is 0. The molecular formula is C83H78N2O2. The number of allylic oxidation sites excluding steroid dienone is 4. The van der Waals surface area contributed by atoms with Crippen molar-refractivity contribution in [2.45, 2.75) is 66.2 Å². The quantitative estimate of drug-likeness (QED) is 0.0632. The fourth-order valence-corrected chi connectivity index (χ4v) is 11.7. The Morgan fingerprint density at radius 3 is 1.09 bits per heavy atom. The molecule has 10 aromatic rings. The lowest BCUT2D eigenvalue weighted by Gasteiger charge is -2.32. The van der Waals surface area contributed by atoms with E-state index in [2.05, 4.69) is 298 Å². The molecule has 10 aromatic carbocycles. The average molecular weight is 1140 g/mol. The van der Waals surface area contributed by atoms with Crippen LogP contribution in [-0.4, -0.2) is 14.2 Å². The molecule has 4 nitrogen and oxygen atoms in total. The van der Waals surface area contributed by atoms with Gasteiger partial charge in [-0.1, -0.05) is 228 Å². The smallest absolute Gasteiger partial charge is 0.118 e. The molecule has 0 fully saturated rings. The number of nitrogens with zero attached hydrogens (tertiary/aromatic N) is 2. The zero-order chi connectivity index (χ0) is 59.9. The summed E-state index contributed by atoms with van der Waals surface area (Å²) in [6.07, 6.45) is 24.8. The van der Waals surface area contributed by atoms with E-state index in [1.54, 1.807) is 14.2 Å². The first kappa shape index (κ1) is 58.9. The summed E-state index contributed by atoms with van der Waals surface area (Å²) in [4.78, 5) is 4.82. The molecule has 0 unspecified atom stereocenters. The molecule has 0 aliphatic heterocycles. The van der Waals surface area contributed by atoms with Crippen molar-refractivity contribution in [3.05, 3.63) is 299 Å². The second-order valence-corrected chi connectivity index (χ2v) is 22.6. The van der Waals surface area contributed by atoms with Gasteiger partial charge in [0.2, 0.25) is 0 Å². The minimum Gasteiger partial charge on any atom is -0.497 e. The van der Waals surface area contributed by atoms with E-state index in [9.17, 15) is 0 Å². The topological polar surface area (TPSA) is 24.9 Å². The van der Waals surface area contributed by atoms with Crippen molar-refractivity contribution in [2.75, 3.05) is 24.0 Å².